The largest absolute Gasteiger partial charge is 0.348 e. The Morgan fingerprint density at radius 1 is 1.27 bits per heavy atom. The molecule has 9 nitrogen and oxygen atoms in total. The third-order valence-corrected chi connectivity index (χ3v) is 4.23. The first-order valence-corrected chi connectivity index (χ1v) is 8.43. The lowest BCUT2D eigenvalue weighted by atomic mass is 9.92. The van der Waals surface area contributed by atoms with Crippen LogP contribution < -0.4 is 16.0 Å². The molecule has 0 aliphatic carbocycles. The summed E-state index contributed by atoms with van der Waals surface area (Å²) in [6.45, 7) is 1.98. The Morgan fingerprint density at radius 2 is 2.04 bits per heavy atom. The Balaban J connectivity index is 1.68. The number of hydrogen-bond donors (Lipinski definition) is 3. The molecule has 3 N–H and O–H groups in total. The van der Waals surface area contributed by atoms with Crippen molar-refractivity contribution in [3.8, 4) is 5.69 Å². The van der Waals surface area contributed by atoms with Gasteiger partial charge in [0.25, 0.3) is 11.8 Å². The van der Waals surface area contributed by atoms with Gasteiger partial charge in [-0.15, -0.1) is 5.10 Å². The van der Waals surface area contributed by atoms with Gasteiger partial charge in [-0.05, 0) is 18.6 Å². The molecule has 3 rings (SSSR count). The van der Waals surface area contributed by atoms with Gasteiger partial charge in [0.05, 0.1) is 18.4 Å². The molecule has 9 heteroatoms. The van der Waals surface area contributed by atoms with E-state index in [4.69, 9.17) is 0 Å². The highest BCUT2D eigenvalue weighted by molar-refractivity contribution is 6.07. The number of imide groups is 1. The van der Waals surface area contributed by atoms with Crippen LogP contribution in [-0.2, 0) is 4.79 Å². The topological polar surface area (TPSA) is 118 Å². The Morgan fingerprint density at radius 3 is 2.69 bits per heavy atom. The predicted molar refractivity (Wildman–Crippen MR) is 92.6 cm³/mol. The normalized spacial score (nSPS) is 19.1. The number of unbranched alkanes of at least 4 members (excludes halogenated alkanes) is 1. The third kappa shape index (κ3) is 3.56. The number of carbonyl (C=O) groups is 3. The number of benzene rings is 1. The first-order chi connectivity index (χ1) is 12.5. The van der Waals surface area contributed by atoms with E-state index in [1.165, 1.54) is 11.0 Å². The standard InChI is InChI=1S/C17H20N6O3/c1-2-3-9-17(15(25)20-16(26)21-17)11-18-14(24)13-10-19-23(22-13)12-7-5-4-6-8-12/h4-8,10H,2-3,9,11H2,1H3,(H,18,24)(H2,20,21,25,26)/t17-/m1/s1. The van der Waals surface area contributed by atoms with Crippen LogP contribution in [0, 0.1) is 0 Å². The summed E-state index contributed by atoms with van der Waals surface area (Å²) in [5.41, 5.74) is -0.268. The molecular weight excluding hydrogens is 336 g/mol. The number of rotatable bonds is 7. The zero-order chi connectivity index (χ0) is 18.6. The summed E-state index contributed by atoms with van der Waals surface area (Å²) >= 11 is 0. The fourth-order valence-corrected chi connectivity index (χ4v) is 2.77. The fraction of sp³-hybridized carbons (Fsp3) is 0.353. The van der Waals surface area contributed by atoms with Crippen molar-refractivity contribution in [2.24, 2.45) is 0 Å². The average molecular weight is 356 g/mol. The van der Waals surface area contributed by atoms with Crippen molar-refractivity contribution in [1.29, 1.82) is 0 Å². The monoisotopic (exact) mass is 356 g/mol. The molecule has 2 heterocycles. The zero-order valence-corrected chi connectivity index (χ0v) is 14.4. The molecule has 0 saturated carbocycles. The summed E-state index contributed by atoms with van der Waals surface area (Å²) in [5, 5.41) is 15.8. The van der Waals surface area contributed by atoms with Crippen molar-refractivity contribution < 1.29 is 14.4 Å². The number of nitrogens with one attached hydrogen (secondary N) is 3. The fourth-order valence-electron chi connectivity index (χ4n) is 2.77. The molecule has 1 saturated heterocycles. The van der Waals surface area contributed by atoms with Gasteiger partial charge in [-0.3, -0.25) is 14.9 Å². The van der Waals surface area contributed by atoms with Crippen molar-refractivity contribution in [2.75, 3.05) is 6.54 Å². The SMILES string of the molecule is CCCC[C@]1(CNC(=O)c2cnn(-c3ccccc3)n2)NC(=O)NC1=O. The van der Waals surface area contributed by atoms with Crippen LogP contribution in [0.5, 0.6) is 0 Å². The molecule has 0 unspecified atom stereocenters. The summed E-state index contributed by atoms with van der Waals surface area (Å²) in [6, 6.07) is 8.65. The predicted octanol–water partition coefficient (Wildman–Crippen LogP) is 0.766. The minimum Gasteiger partial charge on any atom is -0.348 e. The van der Waals surface area contributed by atoms with Gasteiger partial charge in [-0.25, -0.2) is 4.79 Å². The van der Waals surface area contributed by atoms with Crippen LogP contribution in [0.15, 0.2) is 36.5 Å². The molecule has 0 bridgehead atoms. The van der Waals surface area contributed by atoms with Gasteiger partial charge in [0, 0.05) is 0 Å². The smallest absolute Gasteiger partial charge is 0.322 e. The summed E-state index contributed by atoms with van der Waals surface area (Å²) in [5.74, 6) is -0.888. The number of hydrogen-bond acceptors (Lipinski definition) is 5. The van der Waals surface area contributed by atoms with Gasteiger partial charge in [0.15, 0.2) is 5.69 Å². The lowest BCUT2D eigenvalue weighted by Crippen LogP contribution is -2.55. The molecular formula is C17H20N6O3. The highest BCUT2D eigenvalue weighted by Crippen LogP contribution is 2.18. The maximum atomic E-state index is 12.4. The quantitative estimate of drug-likeness (QED) is 0.633. The van der Waals surface area contributed by atoms with Crippen molar-refractivity contribution in [1.82, 2.24) is 30.9 Å². The Kier molecular flexibility index (Phi) is 4.97. The van der Waals surface area contributed by atoms with E-state index in [-0.39, 0.29) is 12.2 Å². The van der Waals surface area contributed by atoms with E-state index < -0.39 is 23.4 Å². The summed E-state index contributed by atoms with van der Waals surface area (Å²) < 4.78 is 0. The molecule has 1 aromatic carbocycles. The number of urea groups is 1. The minimum atomic E-state index is -1.13. The first-order valence-electron chi connectivity index (χ1n) is 8.43. The minimum absolute atomic E-state index is 0.0123. The molecule has 1 atom stereocenters. The average Bonchev–Trinajstić information content (AvgIpc) is 3.24. The summed E-state index contributed by atoms with van der Waals surface area (Å²) in [4.78, 5) is 37.4. The van der Waals surface area contributed by atoms with Crippen molar-refractivity contribution in [3.63, 3.8) is 0 Å². The Bertz CT molecular complexity index is 819. The van der Waals surface area contributed by atoms with Crippen LogP contribution in [-0.4, -0.2) is 44.9 Å². The van der Waals surface area contributed by atoms with Gasteiger partial charge < -0.3 is 10.6 Å². The molecule has 4 amide bonds. The van der Waals surface area contributed by atoms with Gasteiger partial charge in [0.1, 0.15) is 5.54 Å². The highest BCUT2D eigenvalue weighted by Gasteiger charge is 2.45. The number of aromatic nitrogens is 3. The first kappa shape index (κ1) is 17.6. The van der Waals surface area contributed by atoms with Gasteiger partial charge in [-0.2, -0.15) is 9.90 Å². The van der Waals surface area contributed by atoms with Crippen LogP contribution in [0.3, 0.4) is 0 Å². The molecule has 1 aliphatic rings. The molecule has 136 valence electrons. The van der Waals surface area contributed by atoms with Gasteiger partial charge in [0.2, 0.25) is 0 Å². The van der Waals surface area contributed by atoms with E-state index in [2.05, 4.69) is 26.1 Å². The number of nitrogens with zero attached hydrogens (tertiary/aromatic N) is 3. The molecule has 1 aromatic heterocycles. The molecule has 2 aromatic rings. The molecule has 26 heavy (non-hydrogen) atoms. The summed E-state index contributed by atoms with van der Waals surface area (Å²) in [6.07, 6.45) is 3.41. The van der Waals surface area contributed by atoms with Gasteiger partial charge in [-0.1, -0.05) is 38.0 Å². The van der Waals surface area contributed by atoms with E-state index in [0.29, 0.717) is 6.42 Å². The van der Waals surface area contributed by atoms with E-state index in [9.17, 15) is 14.4 Å². The second-order valence-electron chi connectivity index (χ2n) is 6.13. The lowest BCUT2D eigenvalue weighted by molar-refractivity contribution is -0.124. The Labute approximate surface area is 150 Å². The van der Waals surface area contributed by atoms with Crippen LogP contribution in [0.25, 0.3) is 5.69 Å². The zero-order valence-electron chi connectivity index (χ0n) is 14.4. The molecule has 1 fully saturated rings. The molecule has 0 spiro atoms. The van der Waals surface area contributed by atoms with E-state index in [1.807, 2.05) is 37.3 Å². The van der Waals surface area contributed by atoms with E-state index >= 15 is 0 Å². The van der Waals surface area contributed by atoms with E-state index in [1.54, 1.807) is 0 Å². The second kappa shape index (κ2) is 7.34. The summed E-state index contributed by atoms with van der Waals surface area (Å²) in [7, 11) is 0. The maximum Gasteiger partial charge on any atom is 0.322 e. The van der Waals surface area contributed by atoms with Crippen LogP contribution >= 0.6 is 0 Å². The van der Waals surface area contributed by atoms with Crippen molar-refractivity contribution >= 4 is 17.8 Å². The van der Waals surface area contributed by atoms with Crippen LogP contribution in [0.4, 0.5) is 4.79 Å². The van der Waals surface area contributed by atoms with Crippen molar-refractivity contribution in [3.05, 3.63) is 42.2 Å². The number of amides is 4. The third-order valence-electron chi connectivity index (χ3n) is 4.23. The van der Waals surface area contributed by atoms with Gasteiger partial charge >= 0.3 is 6.03 Å². The molecule has 0 radical (unpaired) electrons. The van der Waals surface area contributed by atoms with Crippen molar-refractivity contribution in [2.45, 2.75) is 31.7 Å². The van der Waals surface area contributed by atoms with Crippen LogP contribution in [0.1, 0.15) is 36.7 Å². The lowest BCUT2D eigenvalue weighted by Gasteiger charge is -2.25. The maximum absolute atomic E-state index is 12.4. The number of carbonyl (C=O) groups excluding carboxylic acids is 3. The van der Waals surface area contributed by atoms with Crippen LogP contribution in [0.2, 0.25) is 0 Å². The second-order valence-corrected chi connectivity index (χ2v) is 6.13. The Hall–Kier alpha value is -3.23. The molecule has 1 aliphatic heterocycles. The number of para-hydroxylation sites is 1. The van der Waals surface area contributed by atoms with E-state index in [0.717, 1.165) is 18.5 Å². The highest BCUT2D eigenvalue weighted by atomic mass is 16.2.